The van der Waals surface area contributed by atoms with Gasteiger partial charge in [-0.25, -0.2) is 4.98 Å². The lowest BCUT2D eigenvalue weighted by Gasteiger charge is -2.11. The van der Waals surface area contributed by atoms with Gasteiger partial charge in [0.15, 0.2) is 0 Å². The Morgan fingerprint density at radius 1 is 0.750 bits per heavy atom. The molecule has 0 saturated carbocycles. The van der Waals surface area contributed by atoms with Gasteiger partial charge in [-0.05, 0) is 23.8 Å². The average Bonchev–Trinajstić information content (AvgIpc) is 2.62. The molecule has 0 radical (unpaired) electrons. The second-order valence-electron chi connectivity index (χ2n) is 5.46. The number of hydrogen-bond donors (Lipinski definition) is 1. The molecule has 0 aliphatic heterocycles. The molecule has 1 heterocycles. The molecule has 4 rings (SSSR count). The molecule has 0 aliphatic carbocycles. The van der Waals surface area contributed by atoms with Crippen molar-refractivity contribution < 1.29 is 0 Å². The van der Waals surface area contributed by atoms with Crippen LogP contribution in [0.3, 0.4) is 0 Å². The van der Waals surface area contributed by atoms with E-state index in [2.05, 4.69) is 9.97 Å². The van der Waals surface area contributed by atoms with Gasteiger partial charge in [0.1, 0.15) is 5.82 Å². The monoisotopic (exact) mass is 332 g/mol. The lowest BCUT2D eigenvalue weighted by atomic mass is 9.99. The highest BCUT2D eigenvalue weighted by molar-refractivity contribution is 6.33. The summed E-state index contributed by atoms with van der Waals surface area (Å²) in [4.78, 5) is 19.9. The third-order valence-electron chi connectivity index (χ3n) is 3.96. The number of H-pyrrole nitrogens is 1. The number of halogens is 1. The summed E-state index contributed by atoms with van der Waals surface area (Å²) in [6, 6.07) is 22.7. The molecule has 0 amide bonds. The maximum absolute atomic E-state index is 12.4. The highest BCUT2D eigenvalue weighted by Gasteiger charge is 2.12. The Bertz CT molecular complexity index is 1100. The first-order chi connectivity index (χ1) is 11.7. The lowest BCUT2D eigenvalue weighted by molar-refractivity contribution is 1.18. The van der Waals surface area contributed by atoms with Gasteiger partial charge in [0.25, 0.3) is 5.56 Å². The minimum atomic E-state index is -0.149. The number of aromatic nitrogens is 2. The summed E-state index contributed by atoms with van der Waals surface area (Å²) in [5, 5.41) is 1.24. The van der Waals surface area contributed by atoms with Gasteiger partial charge in [-0.2, -0.15) is 0 Å². The SMILES string of the molecule is O=c1[nH]c(-c2ccccc2-c2ccccc2Cl)nc2ccccc12. The molecule has 0 atom stereocenters. The summed E-state index contributed by atoms with van der Waals surface area (Å²) in [6.07, 6.45) is 0. The molecule has 0 bridgehead atoms. The summed E-state index contributed by atoms with van der Waals surface area (Å²) in [5.74, 6) is 0.536. The quantitative estimate of drug-likeness (QED) is 0.567. The zero-order valence-electron chi connectivity index (χ0n) is 12.7. The molecule has 0 spiro atoms. The summed E-state index contributed by atoms with van der Waals surface area (Å²) < 4.78 is 0. The lowest BCUT2D eigenvalue weighted by Crippen LogP contribution is -2.09. The van der Waals surface area contributed by atoms with Gasteiger partial charge in [0, 0.05) is 16.1 Å². The molecule has 1 aromatic heterocycles. The first kappa shape index (κ1) is 14.7. The van der Waals surface area contributed by atoms with Crippen LogP contribution in [0, 0.1) is 0 Å². The maximum Gasteiger partial charge on any atom is 0.259 e. The van der Waals surface area contributed by atoms with Crippen molar-refractivity contribution in [3.8, 4) is 22.5 Å². The van der Waals surface area contributed by atoms with Crippen molar-refractivity contribution in [1.29, 1.82) is 0 Å². The van der Waals surface area contributed by atoms with Crippen LogP contribution in [0.15, 0.2) is 77.6 Å². The van der Waals surface area contributed by atoms with Crippen LogP contribution >= 0.6 is 11.6 Å². The Kier molecular flexibility index (Phi) is 3.63. The molecule has 1 N–H and O–H groups in total. The minimum absolute atomic E-state index is 0.149. The normalized spacial score (nSPS) is 10.9. The summed E-state index contributed by atoms with van der Waals surface area (Å²) in [5.41, 5.74) is 3.20. The zero-order chi connectivity index (χ0) is 16.5. The number of hydrogen-bond acceptors (Lipinski definition) is 2. The summed E-state index contributed by atoms with van der Waals surface area (Å²) >= 11 is 6.35. The molecule has 116 valence electrons. The average molecular weight is 333 g/mol. The highest BCUT2D eigenvalue weighted by Crippen LogP contribution is 2.34. The Hall–Kier alpha value is -2.91. The van der Waals surface area contributed by atoms with Crippen LogP contribution in [0.25, 0.3) is 33.4 Å². The highest BCUT2D eigenvalue weighted by atomic mass is 35.5. The minimum Gasteiger partial charge on any atom is -0.306 e. The maximum atomic E-state index is 12.4. The first-order valence-corrected chi connectivity index (χ1v) is 7.95. The number of aromatic amines is 1. The predicted octanol–water partition coefficient (Wildman–Crippen LogP) is 4.91. The van der Waals surface area contributed by atoms with E-state index in [1.165, 1.54) is 0 Å². The zero-order valence-corrected chi connectivity index (χ0v) is 13.4. The van der Waals surface area contributed by atoms with Crippen molar-refractivity contribution in [2.45, 2.75) is 0 Å². The number of fused-ring (bicyclic) bond motifs is 1. The van der Waals surface area contributed by atoms with Crippen LogP contribution in [-0.4, -0.2) is 9.97 Å². The fourth-order valence-corrected chi connectivity index (χ4v) is 3.06. The van der Waals surface area contributed by atoms with E-state index in [1.54, 1.807) is 6.07 Å². The van der Waals surface area contributed by atoms with Gasteiger partial charge in [-0.3, -0.25) is 4.79 Å². The van der Waals surface area contributed by atoms with Crippen LogP contribution < -0.4 is 5.56 Å². The fourth-order valence-electron chi connectivity index (χ4n) is 2.82. The molecule has 3 nitrogen and oxygen atoms in total. The Morgan fingerprint density at radius 3 is 2.17 bits per heavy atom. The smallest absolute Gasteiger partial charge is 0.259 e. The number of para-hydroxylation sites is 1. The Balaban J connectivity index is 1.99. The van der Waals surface area contributed by atoms with Gasteiger partial charge in [0.2, 0.25) is 0 Å². The van der Waals surface area contributed by atoms with Gasteiger partial charge >= 0.3 is 0 Å². The summed E-state index contributed by atoms with van der Waals surface area (Å²) in [7, 11) is 0. The van der Waals surface area contributed by atoms with Crippen molar-refractivity contribution >= 4 is 22.5 Å². The molecule has 0 unspecified atom stereocenters. The van der Waals surface area contributed by atoms with Gasteiger partial charge in [-0.15, -0.1) is 0 Å². The molecular weight excluding hydrogens is 320 g/mol. The second-order valence-corrected chi connectivity index (χ2v) is 5.86. The van der Waals surface area contributed by atoms with Gasteiger partial charge in [-0.1, -0.05) is 66.2 Å². The Labute approximate surface area is 143 Å². The van der Waals surface area contributed by atoms with E-state index in [0.717, 1.165) is 16.7 Å². The van der Waals surface area contributed by atoms with E-state index in [-0.39, 0.29) is 5.56 Å². The van der Waals surface area contributed by atoms with Crippen molar-refractivity contribution in [2.24, 2.45) is 0 Å². The van der Waals surface area contributed by atoms with E-state index in [9.17, 15) is 4.79 Å². The number of nitrogens with zero attached hydrogens (tertiary/aromatic N) is 1. The van der Waals surface area contributed by atoms with Crippen LogP contribution in [0.4, 0.5) is 0 Å². The molecular formula is C20H13ClN2O. The van der Waals surface area contributed by atoms with E-state index >= 15 is 0 Å². The first-order valence-electron chi connectivity index (χ1n) is 7.57. The molecule has 4 heteroatoms. The van der Waals surface area contributed by atoms with Gasteiger partial charge < -0.3 is 4.98 Å². The van der Waals surface area contributed by atoms with E-state index in [0.29, 0.717) is 21.7 Å². The fraction of sp³-hybridized carbons (Fsp3) is 0. The largest absolute Gasteiger partial charge is 0.306 e. The van der Waals surface area contributed by atoms with Crippen molar-refractivity contribution in [1.82, 2.24) is 9.97 Å². The van der Waals surface area contributed by atoms with E-state index in [1.807, 2.05) is 66.7 Å². The van der Waals surface area contributed by atoms with Crippen LogP contribution in [-0.2, 0) is 0 Å². The van der Waals surface area contributed by atoms with E-state index < -0.39 is 0 Å². The predicted molar refractivity (Wildman–Crippen MR) is 98.2 cm³/mol. The number of nitrogens with one attached hydrogen (secondary N) is 1. The van der Waals surface area contributed by atoms with Crippen LogP contribution in [0.2, 0.25) is 5.02 Å². The van der Waals surface area contributed by atoms with Gasteiger partial charge in [0.05, 0.1) is 10.9 Å². The third kappa shape index (κ3) is 2.49. The van der Waals surface area contributed by atoms with Crippen molar-refractivity contribution in [3.05, 3.63) is 88.2 Å². The Morgan fingerprint density at radius 2 is 1.38 bits per heavy atom. The van der Waals surface area contributed by atoms with Crippen LogP contribution in [0.5, 0.6) is 0 Å². The van der Waals surface area contributed by atoms with Crippen molar-refractivity contribution in [3.63, 3.8) is 0 Å². The topological polar surface area (TPSA) is 45.8 Å². The summed E-state index contributed by atoms with van der Waals surface area (Å²) in [6.45, 7) is 0. The molecule has 0 fully saturated rings. The molecule has 0 aliphatic rings. The number of rotatable bonds is 2. The third-order valence-corrected chi connectivity index (χ3v) is 4.29. The molecule has 24 heavy (non-hydrogen) atoms. The molecule has 3 aromatic carbocycles. The second kappa shape index (κ2) is 5.95. The van der Waals surface area contributed by atoms with Crippen LogP contribution in [0.1, 0.15) is 0 Å². The van der Waals surface area contributed by atoms with E-state index in [4.69, 9.17) is 11.6 Å². The molecule has 0 saturated heterocycles. The number of benzene rings is 3. The molecule has 4 aromatic rings. The standard InChI is InChI=1S/C20H13ClN2O/c21-17-11-5-3-8-14(17)13-7-1-2-9-15(13)19-22-18-12-6-4-10-16(18)20(24)23-19/h1-12H,(H,22,23,24). The van der Waals surface area contributed by atoms with Crippen molar-refractivity contribution in [2.75, 3.05) is 0 Å².